The van der Waals surface area contributed by atoms with Crippen LogP contribution in [0.4, 0.5) is 0 Å². The molecule has 33 heavy (non-hydrogen) atoms. The van der Waals surface area contributed by atoms with Gasteiger partial charge in [0.1, 0.15) is 11.8 Å². The molecule has 0 fully saturated rings. The molecule has 0 saturated heterocycles. The van der Waals surface area contributed by atoms with Gasteiger partial charge in [-0.25, -0.2) is 0 Å². The third-order valence-electron chi connectivity index (χ3n) is 5.47. The highest BCUT2D eigenvalue weighted by Crippen LogP contribution is 2.33. The fraction of sp³-hybridized carbons (Fsp3) is 0.333. The predicted molar refractivity (Wildman–Crippen MR) is 136 cm³/mol. The lowest BCUT2D eigenvalue weighted by Gasteiger charge is -2.31. The lowest BCUT2D eigenvalue weighted by molar-refractivity contribution is -0.143. The fourth-order valence-electron chi connectivity index (χ4n) is 3.74. The molecule has 0 saturated carbocycles. The van der Waals surface area contributed by atoms with Gasteiger partial charge in [0.05, 0.1) is 4.47 Å². The van der Waals surface area contributed by atoms with Crippen molar-refractivity contribution in [1.29, 1.82) is 0 Å². The van der Waals surface area contributed by atoms with E-state index in [0.717, 1.165) is 26.4 Å². The van der Waals surface area contributed by atoms with Crippen LogP contribution in [-0.2, 0) is 16.1 Å². The van der Waals surface area contributed by atoms with E-state index in [2.05, 4.69) is 21.2 Å². The van der Waals surface area contributed by atoms with Crippen LogP contribution in [0.5, 0.6) is 5.75 Å². The van der Waals surface area contributed by atoms with Crippen LogP contribution in [-0.4, -0.2) is 35.4 Å². The van der Waals surface area contributed by atoms with Gasteiger partial charge in [-0.05, 0) is 65.5 Å². The van der Waals surface area contributed by atoms with E-state index >= 15 is 0 Å². The second-order valence-corrected chi connectivity index (χ2v) is 9.28. The topological polar surface area (TPSA) is 58.6 Å². The molecular weight excluding hydrogens is 480 g/mol. The number of nitrogens with one attached hydrogen (secondary N) is 1. The number of carbonyl (C=O) groups is 2. The Hall–Kier alpha value is -2.86. The summed E-state index contributed by atoms with van der Waals surface area (Å²) >= 11 is 3.61. The summed E-state index contributed by atoms with van der Waals surface area (Å²) in [4.78, 5) is 27.9. The van der Waals surface area contributed by atoms with E-state index in [4.69, 9.17) is 4.74 Å². The Morgan fingerprint density at radius 3 is 2.39 bits per heavy atom. The SMILES string of the molecule is CC[C@H](C(=O)NC(C)C)N(Cc1ccc(C)cc1)C(=O)COc1ccc2ccccc2c1Br. The molecule has 0 aliphatic rings. The average Bonchev–Trinajstić information content (AvgIpc) is 2.79. The second-order valence-electron chi connectivity index (χ2n) is 8.48. The van der Waals surface area contributed by atoms with Crippen LogP contribution in [0.2, 0.25) is 0 Å². The molecule has 2 amide bonds. The molecule has 3 rings (SSSR count). The van der Waals surface area contributed by atoms with E-state index in [9.17, 15) is 9.59 Å². The van der Waals surface area contributed by atoms with Gasteiger partial charge in [-0.3, -0.25) is 9.59 Å². The van der Waals surface area contributed by atoms with E-state index < -0.39 is 6.04 Å². The van der Waals surface area contributed by atoms with Crippen LogP contribution >= 0.6 is 15.9 Å². The van der Waals surface area contributed by atoms with E-state index in [1.165, 1.54) is 0 Å². The fourth-order valence-corrected chi connectivity index (χ4v) is 4.35. The molecule has 0 heterocycles. The standard InChI is InChI=1S/C27H31BrN2O3/c1-5-23(27(32)29-18(2)3)30(16-20-12-10-19(4)11-13-20)25(31)17-33-24-15-14-21-8-6-7-9-22(21)26(24)28/h6-15,18,23H,5,16-17H2,1-4H3,(H,29,32)/t23-/m1/s1. The van der Waals surface area contributed by atoms with Crippen LogP contribution in [0.15, 0.2) is 65.1 Å². The molecule has 1 N–H and O–H groups in total. The molecule has 0 spiro atoms. The molecule has 3 aromatic rings. The molecule has 0 aliphatic heterocycles. The number of benzene rings is 3. The van der Waals surface area contributed by atoms with Crippen LogP contribution in [0.1, 0.15) is 38.3 Å². The van der Waals surface area contributed by atoms with Crippen LogP contribution in [0, 0.1) is 6.92 Å². The van der Waals surface area contributed by atoms with Gasteiger partial charge in [0.2, 0.25) is 5.91 Å². The normalized spacial score (nSPS) is 11.9. The zero-order valence-corrected chi connectivity index (χ0v) is 21.2. The number of rotatable bonds is 9. The maximum absolute atomic E-state index is 13.4. The maximum atomic E-state index is 13.4. The predicted octanol–water partition coefficient (Wildman–Crippen LogP) is 5.62. The highest BCUT2D eigenvalue weighted by molar-refractivity contribution is 9.10. The number of ether oxygens (including phenoxy) is 1. The lowest BCUT2D eigenvalue weighted by atomic mass is 10.1. The Morgan fingerprint density at radius 2 is 1.73 bits per heavy atom. The smallest absolute Gasteiger partial charge is 0.261 e. The average molecular weight is 511 g/mol. The summed E-state index contributed by atoms with van der Waals surface area (Å²) in [6.07, 6.45) is 0.510. The second kappa shape index (κ2) is 11.3. The Balaban J connectivity index is 1.82. The van der Waals surface area contributed by atoms with E-state index in [0.29, 0.717) is 18.7 Å². The van der Waals surface area contributed by atoms with Gasteiger partial charge < -0.3 is 15.0 Å². The minimum Gasteiger partial charge on any atom is -0.483 e. The Morgan fingerprint density at radius 1 is 1.03 bits per heavy atom. The van der Waals surface area contributed by atoms with Crippen molar-refractivity contribution >= 4 is 38.5 Å². The molecular formula is C27H31BrN2O3. The van der Waals surface area contributed by atoms with Crippen molar-refractivity contribution in [3.63, 3.8) is 0 Å². The van der Waals surface area contributed by atoms with E-state index in [1.807, 2.05) is 88.4 Å². The summed E-state index contributed by atoms with van der Waals surface area (Å²) < 4.78 is 6.74. The Bertz CT molecular complexity index is 1110. The quantitative estimate of drug-likeness (QED) is 0.406. The summed E-state index contributed by atoms with van der Waals surface area (Å²) in [6.45, 7) is 7.95. The van der Waals surface area contributed by atoms with Crippen LogP contribution in [0.25, 0.3) is 10.8 Å². The molecule has 0 unspecified atom stereocenters. The Kier molecular flexibility index (Phi) is 8.50. The van der Waals surface area contributed by atoms with Crippen molar-refractivity contribution in [3.8, 4) is 5.75 Å². The van der Waals surface area contributed by atoms with Crippen molar-refractivity contribution < 1.29 is 14.3 Å². The first kappa shape index (κ1) is 24.8. The number of aryl methyl sites for hydroxylation is 1. The summed E-state index contributed by atoms with van der Waals surface area (Å²) in [6, 6.07) is 19.2. The Labute approximate surface area is 204 Å². The molecule has 1 atom stereocenters. The first-order valence-corrected chi connectivity index (χ1v) is 12.0. The van der Waals surface area contributed by atoms with Crippen molar-refractivity contribution in [2.45, 2.75) is 52.7 Å². The summed E-state index contributed by atoms with van der Waals surface area (Å²) in [5, 5.41) is 5.05. The highest BCUT2D eigenvalue weighted by Gasteiger charge is 2.29. The molecule has 6 heteroatoms. The number of amides is 2. The minimum atomic E-state index is -0.579. The van der Waals surface area contributed by atoms with Crippen LogP contribution < -0.4 is 10.1 Å². The molecule has 0 radical (unpaired) electrons. The number of hydrogen-bond acceptors (Lipinski definition) is 3. The minimum absolute atomic E-state index is 0.00678. The van der Waals surface area contributed by atoms with Crippen molar-refractivity contribution in [2.75, 3.05) is 6.61 Å². The molecule has 0 bridgehead atoms. The van der Waals surface area contributed by atoms with Crippen molar-refractivity contribution in [1.82, 2.24) is 10.2 Å². The monoisotopic (exact) mass is 510 g/mol. The van der Waals surface area contributed by atoms with Gasteiger partial charge in [0, 0.05) is 12.6 Å². The van der Waals surface area contributed by atoms with E-state index in [1.54, 1.807) is 4.90 Å². The van der Waals surface area contributed by atoms with Crippen molar-refractivity contribution in [3.05, 3.63) is 76.3 Å². The third-order valence-corrected chi connectivity index (χ3v) is 6.29. The van der Waals surface area contributed by atoms with Gasteiger partial charge >= 0.3 is 0 Å². The number of carbonyl (C=O) groups excluding carboxylic acids is 2. The third kappa shape index (κ3) is 6.35. The molecule has 5 nitrogen and oxygen atoms in total. The van der Waals surface area contributed by atoms with E-state index in [-0.39, 0.29) is 24.5 Å². The van der Waals surface area contributed by atoms with Gasteiger partial charge in [0.25, 0.3) is 5.91 Å². The zero-order chi connectivity index (χ0) is 24.0. The molecule has 3 aromatic carbocycles. The first-order valence-electron chi connectivity index (χ1n) is 11.3. The van der Waals surface area contributed by atoms with Gasteiger partial charge in [-0.2, -0.15) is 0 Å². The summed E-state index contributed by atoms with van der Waals surface area (Å²) in [5.74, 6) is 0.207. The summed E-state index contributed by atoms with van der Waals surface area (Å²) in [7, 11) is 0. The first-order chi connectivity index (χ1) is 15.8. The van der Waals surface area contributed by atoms with Gasteiger partial charge in [0.15, 0.2) is 6.61 Å². The van der Waals surface area contributed by atoms with Crippen molar-refractivity contribution in [2.24, 2.45) is 0 Å². The zero-order valence-electron chi connectivity index (χ0n) is 19.6. The van der Waals surface area contributed by atoms with Gasteiger partial charge in [-0.1, -0.05) is 67.1 Å². The number of hydrogen-bond donors (Lipinski definition) is 1. The molecule has 0 aromatic heterocycles. The molecule has 174 valence electrons. The highest BCUT2D eigenvalue weighted by atomic mass is 79.9. The molecule has 0 aliphatic carbocycles. The maximum Gasteiger partial charge on any atom is 0.261 e. The number of halogens is 1. The largest absolute Gasteiger partial charge is 0.483 e. The number of fused-ring (bicyclic) bond motifs is 1. The van der Waals surface area contributed by atoms with Gasteiger partial charge in [-0.15, -0.1) is 0 Å². The van der Waals surface area contributed by atoms with Crippen LogP contribution in [0.3, 0.4) is 0 Å². The summed E-state index contributed by atoms with van der Waals surface area (Å²) in [5.41, 5.74) is 2.11. The number of nitrogens with zero attached hydrogens (tertiary/aromatic N) is 1. The lowest BCUT2D eigenvalue weighted by Crippen LogP contribution is -2.51.